The summed E-state index contributed by atoms with van der Waals surface area (Å²) >= 11 is 8.95. The van der Waals surface area contributed by atoms with Crippen molar-refractivity contribution >= 4 is 38.3 Å². The first-order valence-corrected chi connectivity index (χ1v) is 4.85. The molecule has 2 aromatic rings. The average molecular weight is 278 g/mol. The third-order valence-corrected chi connectivity index (χ3v) is 2.74. The van der Waals surface area contributed by atoms with Gasteiger partial charge in [0.1, 0.15) is 0 Å². The van der Waals surface area contributed by atoms with Crippen molar-refractivity contribution in [3.63, 3.8) is 0 Å². The van der Waals surface area contributed by atoms with Crippen LogP contribution in [-0.4, -0.2) is 4.98 Å². The van der Waals surface area contributed by atoms with Crippen LogP contribution in [0.1, 0.15) is 0 Å². The molecule has 0 fully saturated rings. The minimum absolute atomic E-state index is 0.0735. The number of nitrogens with zero attached hydrogens (tertiary/aromatic N) is 1. The third kappa shape index (κ3) is 1.38. The van der Waals surface area contributed by atoms with Crippen molar-refractivity contribution in [3.8, 4) is 0 Å². The van der Waals surface area contributed by atoms with Gasteiger partial charge in [0.15, 0.2) is 11.6 Å². The second-order valence-electron chi connectivity index (χ2n) is 2.70. The molecule has 72 valence electrons. The molecule has 0 aliphatic carbocycles. The molecule has 2 rings (SSSR count). The van der Waals surface area contributed by atoms with E-state index in [0.29, 0.717) is 9.86 Å². The lowest BCUT2D eigenvalue weighted by molar-refractivity contribution is 0.517. The van der Waals surface area contributed by atoms with E-state index >= 15 is 0 Å². The summed E-state index contributed by atoms with van der Waals surface area (Å²) in [6.07, 6.45) is 2.72. The molecule has 5 heteroatoms. The molecule has 0 saturated carbocycles. The molecule has 0 amide bonds. The van der Waals surface area contributed by atoms with Gasteiger partial charge >= 0.3 is 0 Å². The fourth-order valence-electron chi connectivity index (χ4n) is 1.22. The van der Waals surface area contributed by atoms with Gasteiger partial charge in [-0.15, -0.1) is 0 Å². The number of halogens is 4. The predicted octanol–water partition coefficient (Wildman–Crippen LogP) is 3.93. The van der Waals surface area contributed by atoms with Crippen LogP contribution in [0.4, 0.5) is 8.78 Å². The van der Waals surface area contributed by atoms with Gasteiger partial charge in [0, 0.05) is 27.6 Å². The Balaban J connectivity index is 3.02. The monoisotopic (exact) mass is 277 g/mol. The minimum Gasteiger partial charge on any atom is -0.263 e. The SMILES string of the molecule is Fc1cc(Cl)c2c(Br)cncc2c1F. The van der Waals surface area contributed by atoms with Gasteiger partial charge in [-0.05, 0) is 22.0 Å². The Kier molecular flexibility index (Phi) is 2.41. The normalized spacial score (nSPS) is 10.9. The van der Waals surface area contributed by atoms with Crippen LogP contribution in [0.15, 0.2) is 22.9 Å². The zero-order valence-corrected chi connectivity index (χ0v) is 9.03. The molecule has 1 nitrogen and oxygen atoms in total. The van der Waals surface area contributed by atoms with Crippen LogP contribution < -0.4 is 0 Å². The number of hydrogen-bond donors (Lipinski definition) is 0. The van der Waals surface area contributed by atoms with Crippen molar-refractivity contribution in [3.05, 3.63) is 39.6 Å². The highest BCUT2D eigenvalue weighted by Crippen LogP contribution is 2.32. The first-order valence-electron chi connectivity index (χ1n) is 3.68. The number of benzene rings is 1. The highest BCUT2D eigenvalue weighted by molar-refractivity contribution is 9.10. The lowest BCUT2D eigenvalue weighted by Crippen LogP contribution is -1.89. The molecule has 1 aromatic heterocycles. The van der Waals surface area contributed by atoms with Gasteiger partial charge in [-0.3, -0.25) is 4.98 Å². The number of fused-ring (bicyclic) bond motifs is 1. The summed E-state index contributed by atoms with van der Waals surface area (Å²) in [5.41, 5.74) is 0. The molecule has 0 N–H and O–H groups in total. The zero-order chi connectivity index (χ0) is 10.3. The Morgan fingerprint density at radius 3 is 2.71 bits per heavy atom. The van der Waals surface area contributed by atoms with Gasteiger partial charge in [0.05, 0.1) is 5.02 Å². The number of hydrogen-bond acceptors (Lipinski definition) is 1. The summed E-state index contributed by atoms with van der Waals surface area (Å²) in [5, 5.41) is 0.665. The first kappa shape index (κ1) is 9.80. The van der Waals surface area contributed by atoms with Crippen LogP contribution in [0, 0.1) is 11.6 Å². The molecule has 0 unspecified atom stereocenters. The molecule has 0 aliphatic heterocycles. The quantitative estimate of drug-likeness (QED) is 0.665. The van der Waals surface area contributed by atoms with Gasteiger partial charge in [-0.25, -0.2) is 8.78 Å². The van der Waals surface area contributed by atoms with E-state index < -0.39 is 11.6 Å². The van der Waals surface area contributed by atoms with E-state index in [1.54, 1.807) is 0 Å². The van der Waals surface area contributed by atoms with Gasteiger partial charge < -0.3 is 0 Å². The zero-order valence-electron chi connectivity index (χ0n) is 6.69. The highest BCUT2D eigenvalue weighted by Gasteiger charge is 2.13. The van der Waals surface area contributed by atoms with Crippen molar-refractivity contribution in [2.75, 3.05) is 0 Å². The fraction of sp³-hybridized carbons (Fsp3) is 0. The van der Waals surface area contributed by atoms with Crippen LogP contribution in [-0.2, 0) is 0 Å². The van der Waals surface area contributed by atoms with Crippen molar-refractivity contribution in [2.24, 2.45) is 0 Å². The molecule has 0 spiro atoms. The summed E-state index contributed by atoms with van der Waals surface area (Å²) in [6, 6.07) is 0.948. The standard InChI is InChI=1S/C9H3BrClF2N/c10-5-3-14-2-4-8(5)6(11)1-7(12)9(4)13/h1-3H. The average Bonchev–Trinajstić information content (AvgIpc) is 2.14. The molecular weight excluding hydrogens is 275 g/mol. The summed E-state index contributed by atoms with van der Waals surface area (Å²) in [7, 11) is 0. The van der Waals surface area contributed by atoms with Gasteiger partial charge in [-0.1, -0.05) is 11.6 Å². The molecule has 1 aromatic carbocycles. The second kappa shape index (κ2) is 3.44. The molecule has 0 radical (unpaired) electrons. The number of aromatic nitrogens is 1. The van der Waals surface area contributed by atoms with Crippen LogP contribution >= 0.6 is 27.5 Å². The molecule has 14 heavy (non-hydrogen) atoms. The van der Waals surface area contributed by atoms with Crippen molar-refractivity contribution in [1.82, 2.24) is 4.98 Å². The van der Waals surface area contributed by atoms with E-state index in [2.05, 4.69) is 20.9 Å². The summed E-state index contributed by atoms with van der Waals surface area (Å²) in [5.74, 6) is -1.90. The first-order chi connectivity index (χ1) is 6.61. The van der Waals surface area contributed by atoms with E-state index in [1.807, 2.05) is 0 Å². The molecule has 0 aliphatic rings. The summed E-state index contributed by atoms with van der Waals surface area (Å²) in [6.45, 7) is 0. The topological polar surface area (TPSA) is 12.9 Å². The van der Waals surface area contributed by atoms with Crippen LogP contribution in [0.5, 0.6) is 0 Å². The number of pyridine rings is 1. The molecule has 1 heterocycles. The highest BCUT2D eigenvalue weighted by atomic mass is 79.9. The smallest absolute Gasteiger partial charge is 0.168 e. The summed E-state index contributed by atoms with van der Waals surface area (Å²) < 4.78 is 26.7. The Morgan fingerprint density at radius 2 is 2.00 bits per heavy atom. The number of rotatable bonds is 0. The molecule has 0 saturated heterocycles. The minimum atomic E-state index is -0.970. The Labute approximate surface area is 91.8 Å². The van der Waals surface area contributed by atoms with E-state index in [9.17, 15) is 8.78 Å². The molecule has 0 bridgehead atoms. The fourth-order valence-corrected chi connectivity index (χ4v) is 2.18. The Bertz CT molecular complexity index is 516. The lowest BCUT2D eigenvalue weighted by atomic mass is 10.1. The Morgan fingerprint density at radius 1 is 1.29 bits per heavy atom. The van der Waals surface area contributed by atoms with E-state index in [-0.39, 0.29) is 10.4 Å². The van der Waals surface area contributed by atoms with E-state index in [0.717, 1.165) is 6.07 Å². The van der Waals surface area contributed by atoms with Crippen molar-refractivity contribution in [2.45, 2.75) is 0 Å². The van der Waals surface area contributed by atoms with E-state index in [1.165, 1.54) is 12.4 Å². The predicted molar refractivity (Wildman–Crippen MR) is 54.4 cm³/mol. The maximum Gasteiger partial charge on any atom is 0.168 e. The Hall–Kier alpha value is -0.740. The van der Waals surface area contributed by atoms with E-state index in [4.69, 9.17) is 11.6 Å². The van der Waals surface area contributed by atoms with Crippen LogP contribution in [0.3, 0.4) is 0 Å². The third-order valence-electron chi connectivity index (χ3n) is 1.84. The largest absolute Gasteiger partial charge is 0.263 e. The van der Waals surface area contributed by atoms with Crippen molar-refractivity contribution in [1.29, 1.82) is 0 Å². The van der Waals surface area contributed by atoms with Gasteiger partial charge in [-0.2, -0.15) is 0 Å². The molecule has 0 atom stereocenters. The molecular formula is C9H3BrClF2N. The summed E-state index contributed by atoms with van der Waals surface area (Å²) in [4.78, 5) is 3.74. The maximum absolute atomic E-state index is 13.3. The van der Waals surface area contributed by atoms with Crippen molar-refractivity contribution < 1.29 is 8.78 Å². The van der Waals surface area contributed by atoms with Gasteiger partial charge in [0.2, 0.25) is 0 Å². The maximum atomic E-state index is 13.3. The van der Waals surface area contributed by atoms with Crippen LogP contribution in [0.2, 0.25) is 5.02 Å². The second-order valence-corrected chi connectivity index (χ2v) is 3.96. The van der Waals surface area contributed by atoms with Gasteiger partial charge in [0.25, 0.3) is 0 Å². The van der Waals surface area contributed by atoms with Crippen LogP contribution in [0.25, 0.3) is 10.8 Å². The lowest BCUT2D eigenvalue weighted by Gasteiger charge is -2.04.